The van der Waals surface area contributed by atoms with Gasteiger partial charge in [0.05, 0.1) is 0 Å². The molecule has 2 amide bonds. The number of hydrogen-bond donors (Lipinski definition) is 2. The topological polar surface area (TPSA) is 75.4 Å². The van der Waals surface area contributed by atoms with Crippen LogP contribution >= 0.6 is 0 Å². The SMILES string of the molecule is CCNC(C)CC(=O)N1CCCCC1C(N)=O. The third kappa shape index (κ3) is 4.00. The van der Waals surface area contributed by atoms with E-state index in [1.165, 1.54) is 0 Å². The first-order chi connectivity index (χ1) is 8.06. The van der Waals surface area contributed by atoms with E-state index in [9.17, 15) is 9.59 Å². The zero-order valence-corrected chi connectivity index (χ0v) is 10.7. The molecule has 0 spiro atoms. The fraction of sp³-hybridized carbons (Fsp3) is 0.833. The number of hydrogen-bond acceptors (Lipinski definition) is 3. The third-order valence-corrected chi connectivity index (χ3v) is 3.18. The number of nitrogens with one attached hydrogen (secondary N) is 1. The van der Waals surface area contributed by atoms with E-state index < -0.39 is 6.04 Å². The van der Waals surface area contributed by atoms with Crippen molar-refractivity contribution in [1.29, 1.82) is 0 Å². The number of piperidine rings is 1. The molecule has 5 heteroatoms. The molecule has 0 aromatic carbocycles. The first-order valence-corrected chi connectivity index (χ1v) is 6.38. The standard InChI is InChI=1S/C12H23N3O2/c1-3-14-9(2)8-11(16)15-7-5-4-6-10(15)12(13)17/h9-10,14H,3-8H2,1-2H3,(H2,13,17). The van der Waals surface area contributed by atoms with Crippen molar-refractivity contribution in [3.8, 4) is 0 Å². The van der Waals surface area contributed by atoms with Gasteiger partial charge < -0.3 is 16.0 Å². The molecule has 1 aliphatic rings. The van der Waals surface area contributed by atoms with Crippen LogP contribution in [-0.2, 0) is 9.59 Å². The van der Waals surface area contributed by atoms with Crippen LogP contribution in [0, 0.1) is 0 Å². The summed E-state index contributed by atoms with van der Waals surface area (Å²) in [5.74, 6) is -0.351. The van der Waals surface area contributed by atoms with Crippen molar-refractivity contribution in [3.63, 3.8) is 0 Å². The lowest BCUT2D eigenvalue weighted by molar-refractivity contribution is -0.141. The molecule has 17 heavy (non-hydrogen) atoms. The Kier molecular flexibility index (Phi) is 5.41. The van der Waals surface area contributed by atoms with E-state index >= 15 is 0 Å². The summed E-state index contributed by atoms with van der Waals surface area (Å²) in [7, 11) is 0. The van der Waals surface area contributed by atoms with Crippen molar-refractivity contribution >= 4 is 11.8 Å². The maximum Gasteiger partial charge on any atom is 0.240 e. The lowest BCUT2D eigenvalue weighted by Gasteiger charge is -2.34. The van der Waals surface area contributed by atoms with Crippen molar-refractivity contribution in [2.75, 3.05) is 13.1 Å². The summed E-state index contributed by atoms with van der Waals surface area (Å²) in [6, 6.07) is -0.256. The van der Waals surface area contributed by atoms with Crippen molar-refractivity contribution in [2.24, 2.45) is 5.73 Å². The molecule has 0 aromatic heterocycles. The van der Waals surface area contributed by atoms with Gasteiger partial charge in [-0.05, 0) is 32.7 Å². The van der Waals surface area contributed by atoms with Gasteiger partial charge in [-0.15, -0.1) is 0 Å². The Morgan fingerprint density at radius 1 is 1.47 bits per heavy atom. The van der Waals surface area contributed by atoms with Gasteiger partial charge in [0.1, 0.15) is 6.04 Å². The molecular formula is C12H23N3O2. The maximum absolute atomic E-state index is 12.1. The fourth-order valence-corrected chi connectivity index (χ4v) is 2.33. The molecule has 1 saturated heterocycles. The highest BCUT2D eigenvalue weighted by Crippen LogP contribution is 2.18. The zero-order chi connectivity index (χ0) is 12.8. The van der Waals surface area contributed by atoms with Gasteiger partial charge in [0.25, 0.3) is 0 Å². The monoisotopic (exact) mass is 241 g/mol. The molecule has 0 radical (unpaired) electrons. The second-order valence-corrected chi connectivity index (χ2v) is 4.66. The van der Waals surface area contributed by atoms with Crippen LogP contribution in [0.3, 0.4) is 0 Å². The minimum atomic E-state index is -0.398. The Hall–Kier alpha value is -1.10. The van der Waals surface area contributed by atoms with E-state index in [4.69, 9.17) is 5.73 Å². The smallest absolute Gasteiger partial charge is 0.240 e. The molecule has 2 atom stereocenters. The first kappa shape index (κ1) is 14.0. The van der Waals surface area contributed by atoms with E-state index in [2.05, 4.69) is 5.32 Å². The summed E-state index contributed by atoms with van der Waals surface area (Å²) in [6.45, 7) is 5.48. The molecule has 0 aromatic rings. The van der Waals surface area contributed by atoms with Crippen molar-refractivity contribution in [1.82, 2.24) is 10.2 Å². The molecule has 0 bridgehead atoms. The zero-order valence-electron chi connectivity index (χ0n) is 10.7. The summed E-state index contributed by atoms with van der Waals surface area (Å²) in [5, 5.41) is 3.20. The lowest BCUT2D eigenvalue weighted by atomic mass is 10.0. The van der Waals surface area contributed by atoms with Gasteiger partial charge >= 0.3 is 0 Å². The predicted octanol–water partition coefficient (Wildman–Crippen LogP) is 0.241. The van der Waals surface area contributed by atoms with Crippen molar-refractivity contribution in [2.45, 2.75) is 51.6 Å². The maximum atomic E-state index is 12.1. The first-order valence-electron chi connectivity index (χ1n) is 6.38. The number of carbonyl (C=O) groups is 2. The molecule has 2 unspecified atom stereocenters. The number of primary amides is 1. The number of likely N-dealkylation sites (tertiary alicyclic amines) is 1. The Morgan fingerprint density at radius 3 is 2.76 bits per heavy atom. The van der Waals surface area contributed by atoms with Crippen LogP contribution < -0.4 is 11.1 Å². The highest BCUT2D eigenvalue weighted by molar-refractivity contribution is 5.87. The Morgan fingerprint density at radius 2 is 2.18 bits per heavy atom. The molecule has 98 valence electrons. The van der Waals surface area contributed by atoms with Gasteiger partial charge in [-0.1, -0.05) is 6.92 Å². The summed E-state index contributed by atoms with van der Waals surface area (Å²) >= 11 is 0. The summed E-state index contributed by atoms with van der Waals surface area (Å²) < 4.78 is 0. The van der Waals surface area contributed by atoms with Crippen LogP contribution in [0.25, 0.3) is 0 Å². The molecular weight excluding hydrogens is 218 g/mol. The minimum Gasteiger partial charge on any atom is -0.368 e. The molecule has 1 aliphatic heterocycles. The van der Waals surface area contributed by atoms with Gasteiger partial charge in [0.2, 0.25) is 11.8 Å². The number of carbonyl (C=O) groups excluding carboxylic acids is 2. The van der Waals surface area contributed by atoms with E-state index in [0.717, 1.165) is 19.4 Å². The predicted molar refractivity (Wildman–Crippen MR) is 66.3 cm³/mol. The molecule has 0 saturated carbocycles. The Labute approximate surface area is 103 Å². The number of nitrogens with two attached hydrogens (primary N) is 1. The Bertz CT molecular complexity index is 281. The molecule has 1 rings (SSSR count). The summed E-state index contributed by atoms with van der Waals surface area (Å²) in [5.41, 5.74) is 5.34. The van der Waals surface area contributed by atoms with Gasteiger partial charge in [0.15, 0.2) is 0 Å². The van der Waals surface area contributed by atoms with Gasteiger partial charge in [-0.3, -0.25) is 9.59 Å². The van der Waals surface area contributed by atoms with Crippen molar-refractivity contribution < 1.29 is 9.59 Å². The molecule has 1 fully saturated rings. The van der Waals surface area contributed by atoms with Crippen LogP contribution in [-0.4, -0.2) is 41.9 Å². The summed E-state index contributed by atoms with van der Waals surface area (Å²) in [6.07, 6.45) is 3.07. The highest BCUT2D eigenvalue weighted by Gasteiger charge is 2.30. The Balaban J connectivity index is 2.56. The average Bonchev–Trinajstić information content (AvgIpc) is 2.29. The highest BCUT2D eigenvalue weighted by atomic mass is 16.2. The molecule has 3 N–H and O–H groups in total. The average molecular weight is 241 g/mol. The second kappa shape index (κ2) is 6.59. The fourth-order valence-electron chi connectivity index (χ4n) is 2.33. The van der Waals surface area contributed by atoms with Crippen LogP contribution in [0.15, 0.2) is 0 Å². The largest absolute Gasteiger partial charge is 0.368 e. The van der Waals surface area contributed by atoms with Crippen molar-refractivity contribution in [3.05, 3.63) is 0 Å². The van der Waals surface area contributed by atoms with E-state index in [-0.39, 0.29) is 17.9 Å². The van der Waals surface area contributed by atoms with Gasteiger partial charge in [-0.2, -0.15) is 0 Å². The van der Waals surface area contributed by atoms with Crippen LogP contribution in [0.1, 0.15) is 39.5 Å². The second-order valence-electron chi connectivity index (χ2n) is 4.66. The number of rotatable bonds is 5. The van der Waals surface area contributed by atoms with Gasteiger partial charge in [0, 0.05) is 19.0 Å². The third-order valence-electron chi connectivity index (χ3n) is 3.18. The number of nitrogens with zero attached hydrogens (tertiary/aromatic N) is 1. The van der Waals surface area contributed by atoms with Crippen LogP contribution in [0.2, 0.25) is 0 Å². The van der Waals surface area contributed by atoms with Crippen LogP contribution in [0.5, 0.6) is 0 Å². The van der Waals surface area contributed by atoms with E-state index in [0.29, 0.717) is 19.4 Å². The van der Waals surface area contributed by atoms with Crippen LogP contribution in [0.4, 0.5) is 0 Å². The number of amides is 2. The normalized spacial score (nSPS) is 22.2. The van der Waals surface area contributed by atoms with E-state index in [1.54, 1.807) is 4.90 Å². The molecule has 0 aliphatic carbocycles. The molecule has 1 heterocycles. The molecule has 5 nitrogen and oxygen atoms in total. The van der Waals surface area contributed by atoms with Gasteiger partial charge in [-0.25, -0.2) is 0 Å². The lowest BCUT2D eigenvalue weighted by Crippen LogP contribution is -2.51. The summed E-state index contributed by atoms with van der Waals surface area (Å²) in [4.78, 5) is 25.0. The quantitative estimate of drug-likeness (QED) is 0.724. The minimum absolute atomic E-state index is 0.0296. The van der Waals surface area contributed by atoms with E-state index in [1.807, 2.05) is 13.8 Å².